The van der Waals surface area contributed by atoms with Crippen LogP contribution in [-0.2, 0) is 0 Å². The number of nitrogens with one attached hydrogen (secondary N) is 2. The number of halogens is 1. The first kappa shape index (κ1) is 12.0. The third-order valence-electron chi connectivity index (χ3n) is 2.09. The summed E-state index contributed by atoms with van der Waals surface area (Å²) >= 11 is 5.74. The second-order valence-corrected chi connectivity index (χ2v) is 3.73. The van der Waals surface area contributed by atoms with E-state index in [2.05, 4.69) is 27.5 Å². The molecule has 0 radical (unpaired) electrons. The van der Waals surface area contributed by atoms with Gasteiger partial charge in [0.25, 0.3) is 0 Å². The van der Waals surface area contributed by atoms with Crippen molar-refractivity contribution < 1.29 is 0 Å². The number of anilines is 2. The molecule has 5 nitrogen and oxygen atoms in total. The molecule has 1 heterocycles. The summed E-state index contributed by atoms with van der Waals surface area (Å²) in [5.74, 6) is 0.850. The zero-order chi connectivity index (χ0) is 11.3. The van der Waals surface area contributed by atoms with Crippen LogP contribution < -0.4 is 16.4 Å². The molecule has 0 spiro atoms. The zero-order valence-corrected chi connectivity index (χ0v) is 9.67. The van der Waals surface area contributed by atoms with Crippen molar-refractivity contribution in [2.24, 2.45) is 0 Å². The van der Waals surface area contributed by atoms with Crippen LogP contribution in [0, 0.1) is 0 Å². The minimum Gasteiger partial charge on any atom is -0.370 e. The van der Waals surface area contributed by atoms with Crippen molar-refractivity contribution in [1.82, 2.24) is 15.3 Å². The predicted octanol–water partition coefficient (Wildman–Crippen LogP) is 1.12. The van der Waals surface area contributed by atoms with Gasteiger partial charge in [-0.3, -0.25) is 0 Å². The number of hydrogen-bond acceptors (Lipinski definition) is 5. The summed E-state index contributed by atoms with van der Waals surface area (Å²) in [5.41, 5.74) is 5.46. The van der Waals surface area contributed by atoms with Crippen LogP contribution in [0.5, 0.6) is 0 Å². The standard InChI is InChI=1S/C9H16ClN5/c1-6(12-2)3-4-13-8-5-7(10)14-9(11)15-8/h5-6,12H,3-4H2,1-2H3,(H3,11,13,14,15). The molecule has 0 saturated carbocycles. The number of nitrogen functional groups attached to an aromatic ring is 1. The highest BCUT2D eigenvalue weighted by molar-refractivity contribution is 6.29. The molecular formula is C9H16ClN5. The molecule has 0 aliphatic heterocycles. The highest BCUT2D eigenvalue weighted by Gasteiger charge is 2.01. The molecule has 1 rings (SSSR count). The minimum absolute atomic E-state index is 0.187. The first-order chi connectivity index (χ1) is 7.11. The second kappa shape index (κ2) is 5.72. The molecule has 1 unspecified atom stereocenters. The van der Waals surface area contributed by atoms with E-state index < -0.39 is 0 Å². The highest BCUT2D eigenvalue weighted by Crippen LogP contribution is 2.12. The third-order valence-corrected chi connectivity index (χ3v) is 2.28. The van der Waals surface area contributed by atoms with Crippen molar-refractivity contribution in [3.05, 3.63) is 11.2 Å². The van der Waals surface area contributed by atoms with E-state index in [9.17, 15) is 0 Å². The number of hydrogen-bond donors (Lipinski definition) is 3. The van der Waals surface area contributed by atoms with Gasteiger partial charge in [-0.05, 0) is 20.4 Å². The molecule has 84 valence electrons. The van der Waals surface area contributed by atoms with Crippen LogP contribution in [-0.4, -0.2) is 29.6 Å². The maximum absolute atomic E-state index is 5.74. The molecule has 1 aromatic heterocycles. The van der Waals surface area contributed by atoms with Gasteiger partial charge in [-0.1, -0.05) is 11.6 Å². The Morgan fingerprint density at radius 2 is 2.27 bits per heavy atom. The lowest BCUT2D eigenvalue weighted by molar-refractivity contribution is 0.580. The van der Waals surface area contributed by atoms with Crippen LogP contribution in [0.15, 0.2) is 6.07 Å². The van der Waals surface area contributed by atoms with E-state index in [1.807, 2.05) is 7.05 Å². The van der Waals surface area contributed by atoms with Gasteiger partial charge in [0, 0.05) is 18.7 Å². The lowest BCUT2D eigenvalue weighted by Crippen LogP contribution is -2.24. The van der Waals surface area contributed by atoms with Gasteiger partial charge in [0.1, 0.15) is 11.0 Å². The fraction of sp³-hybridized carbons (Fsp3) is 0.556. The Kier molecular flexibility index (Phi) is 4.58. The SMILES string of the molecule is CNC(C)CCNc1cc(Cl)nc(N)n1. The first-order valence-electron chi connectivity index (χ1n) is 4.83. The van der Waals surface area contributed by atoms with Gasteiger partial charge in [0.15, 0.2) is 0 Å². The maximum Gasteiger partial charge on any atom is 0.223 e. The van der Waals surface area contributed by atoms with Crippen molar-refractivity contribution in [1.29, 1.82) is 0 Å². The van der Waals surface area contributed by atoms with Crippen molar-refractivity contribution in [2.75, 3.05) is 24.6 Å². The predicted molar refractivity (Wildman–Crippen MR) is 63.1 cm³/mol. The third kappa shape index (κ3) is 4.31. The molecule has 15 heavy (non-hydrogen) atoms. The zero-order valence-electron chi connectivity index (χ0n) is 8.92. The molecule has 0 aliphatic rings. The summed E-state index contributed by atoms with van der Waals surface area (Å²) in [6.45, 7) is 2.93. The molecule has 1 aromatic rings. The Morgan fingerprint density at radius 3 is 2.87 bits per heavy atom. The van der Waals surface area contributed by atoms with E-state index in [-0.39, 0.29) is 5.95 Å². The second-order valence-electron chi connectivity index (χ2n) is 3.34. The molecular weight excluding hydrogens is 214 g/mol. The van der Waals surface area contributed by atoms with E-state index >= 15 is 0 Å². The van der Waals surface area contributed by atoms with Crippen LogP contribution in [0.25, 0.3) is 0 Å². The van der Waals surface area contributed by atoms with E-state index in [0.29, 0.717) is 17.0 Å². The van der Waals surface area contributed by atoms with E-state index in [1.54, 1.807) is 6.07 Å². The molecule has 1 atom stereocenters. The van der Waals surface area contributed by atoms with Crippen LogP contribution in [0.1, 0.15) is 13.3 Å². The van der Waals surface area contributed by atoms with Gasteiger partial charge in [-0.15, -0.1) is 0 Å². The summed E-state index contributed by atoms with van der Waals surface area (Å²) in [6, 6.07) is 2.12. The molecule has 0 bridgehead atoms. The van der Waals surface area contributed by atoms with Gasteiger partial charge < -0.3 is 16.4 Å². The topological polar surface area (TPSA) is 75.9 Å². The van der Waals surface area contributed by atoms with Crippen molar-refractivity contribution >= 4 is 23.4 Å². The fourth-order valence-electron chi connectivity index (χ4n) is 1.09. The normalized spacial score (nSPS) is 12.5. The maximum atomic E-state index is 5.74. The molecule has 6 heteroatoms. The highest BCUT2D eigenvalue weighted by atomic mass is 35.5. The number of rotatable bonds is 5. The summed E-state index contributed by atoms with van der Waals surface area (Å²) in [7, 11) is 1.93. The molecule has 0 saturated heterocycles. The molecule has 0 fully saturated rings. The van der Waals surface area contributed by atoms with E-state index in [0.717, 1.165) is 13.0 Å². The van der Waals surface area contributed by atoms with E-state index in [1.165, 1.54) is 0 Å². The quantitative estimate of drug-likeness (QED) is 0.660. The molecule has 0 aromatic carbocycles. The minimum atomic E-state index is 0.187. The van der Waals surface area contributed by atoms with Crippen LogP contribution in [0.4, 0.5) is 11.8 Å². The average molecular weight is 230 g/mol. The van der Waals surface area contributed by atoms with Gasteiger partial charge in [-0.25, -0.2) is 4.98 Å². The van der Waals surface area contributed by atoms with Crippen LogP contribution >= 0.6 is 11.6 Å². The number of aromatic nitrogens is 2. The summed E-state index contributed by atoms with van der Waals surface area (Å²) in [6.07, 6.45) is 0.998. The molecule has 0 amide bonds. The van der Waals surface area contributed by atoms with Crippen molar-refractivity contribution in [3.63, 3.8) is 0 Å². The van der Waals surface area contributed by atoms with Crippen molar-refractivity contribution in [3.8, 4) is 0 Å². The average Bonchev–Trinajstić information content (AvgIpc) is 2.16. The number of nitrogens with zero attached hydrogens (tertiary/aromatic N) is 2. The molecule has 0 aliphatic carbocycles. The van der Waals surface area contributed by atoms with Crippen molar-refractivity contribution in [2.45, 2.75) is 19.4 Å². The Labute approximate surface area is 94.4 Å². The first-order valence-corrected chi connectivity index (χ1v) is 5.21. The van der Waals surface area contributed by atoms with Gasteiger partial charge >= 0.3 is 0 Å². The van der Waals surface area contributed by atoms with Gasteiger partial charge in [0.05, 0.1) is 0 Å². The largest absolute Gasteiger partial charge is 0.370 e. The molecule has 4 N–H and O–H groups in total. The van der Waals surface area contributed by atoms with Crippen LogP contribution in [0.2, 0.25) is 5.15 Å². The van der Waals surface area contributed by atoms with Crippen LogP contribution in [0.3, 0.4) is 0 Å². The Morgan fingerprint density at radius 1 is 1.53 bits per heavy atom. The smallest absolute Gasteiger partial charge is 0.223 e. The number of nitrogens with two attached hydrogens (primary N) is 1. The summed E-state index contributed by atoms with van der Waals surface area (Å²) in [4.78, 5) is 7.78. The Bertz CT molecular complexity index is 297. The van der Waals surface area contributed by atoms with E-state index in [4.69, 9.17) is 17.3 Å². The lowest BCUT2D eigenvalue weighted by Gasteiger charge is -2.11. The monoisotopic (exact) mass is 229 g/mol. The van der Waals surface area contributed by atoms with Gasteiger partial charge in [-0.2, -0.15) is 4.98 Å². The summed E-state index contributed by atoms with van der Waals surface area (Å²) < 4.78 is 0. The Hall–Kier alpha value is -1.07. The fourth-order valence-corrected chi connectivity index (χ4v) is 1.28. The summed E-state index contributed by atoms with van der Waals surface area (Å²) in [5, 5.41) is 6.64. The lowest BCUT2D eigenvalue weighted by atomic mass is 10.2. The Balaban J connectivity index is 2.43. The van der Waals surface area contributed by atoms with Gasteiger partial charge in [0.2, 0.25) is 5.95 Å².